The molecular formula is C10H11ClF3NO3S. The van der Waals surface area contributed by atoms with E-state index in [1.54, 1.807) is 0 Å². The predicted octanol–water partition coefficient (Wildman–Crippen LogP) is 1.97. The molecule has 0 unspecified atom stereocenters. The fraction of sp³-hybridized carbons (Fsp3) is 0.400. The van der Waals surface area contributed by atoms with Gasteiger partial charge in [-0.2, -0.15) is 17.5 Å². The molecule has 0 aliphatic heterocycles. The van der Waals surface area contributed by atoms with Crippen molar-refractivity contribution in [2.24, 2.45) is 0 Å². The zero-order chi connectivity index (χ0) is 14.8. The zero-order valence-electron chi connectivity index (χ0n) is 9.78. The fourth-order valence-corrected chi connectivity index (χ4v) is 2.90. The van der Waals surface area contributed by atoms with Crippen LogP contribution in [0.3, 0.4) is 0 Å². The summed E-state index contributed by atoms with van der Waals surface area (Å²) in [6.45, 7) is -0.799. The largest absolute Gasteiger partial charge is 0.417 e. The molecule has 9 heteroatoms. The Morgan fingerprint density at radius 2 is 1.95 bits per heavy atom. The van der Waals surface area contributed by atoms with Crippen molar-refractivity contribution in [2.45, 2.75) is 11.1 Å². The Kier molecular flexibility index (Phi) is 4.83. The summed E-state index contributed by atoms with van der Waals surface area (Å²) in [4.78, 5) is -0.889. The fourth-order valence-electron chi connectivity index (χ4n) is 1.38. The summed E-state index contributed by atoms with van der Waals surface area (Å²) >= 11 is 5.47. The van der Waals surface area contributed by atoms with Crippen LogP contribution >= 0.6 is 11.6 Å². The van der Waals surface area contributed by atoms with Crippen LogP contribution in [0.5, 0.6) is 0 Å². The Balaban J connectivity index is 3.43. The second-order valence-electron chi connectivity index (χ2n) is 3.69. The van der Waals surface area contributed by atoms with Gasteiger partial charge in [0.15, 0.2) is 0 Å². The summed E-state index contributed by atoms with van der Waals surface area (Å²) in [5, 5.41) is 8.46. The monoisotopic (exact) mass is 317 g/mol. The Morgan fingerprint density at radius 3 is 2.42 bits per heavy atom. The average molecular weight is 318 g/mol. The molecule has 0 bridgehead atoms. The third-order valence-corrected chi connectivity index (χ3v) is 4.50. The third kappa shape index (κ3) is 3.59. The van der Waals surface area contributed by atoms with Crippen molar-refractivity contribution in [1.82, 2.24) is 4.31 Å². The van der Waals surface area contributed by atoms with Gasteiger partial charge in [0.25, 0.3) is 0 Å². The molecule has 0 aromatic heterocycles. The molecule has 0 spiro atoms. The molecule has 1 rings (SSSR count). The number of halogens is 4. The van der Waals surface area contributed by atoms with Crippen LogP contribution in [0.15, 0.2) is 23.1 Å². The molecule has 1 aromatic carbocycles. The van der Waals surface area contributed by atoms with Gasteiger partial charge < -0.3 is 5.11 Å². The number of alkyl halides is 3. The molecule has 0 saturated carbocycles. The molecule has 0 radical (unpaired) electrons. The first-order valence-corrected chi connectivity index (χ1v) is 6.86. The number of benzene rings is 1. The van der Waals surface area contributed by atoms with E-state index in [4.69, 9.17) is 16.7 Å². The first-order valence-electron chi connectivity index (χ1n) is 5.04. The maximum Gasteiger partial charge on any atom is 0.417 e. The summed E-state index contributed by atoms with van der Waals surface area (Å²) < 4.78 is 63.0. The Morgan fingerprint density at radius 1 is 1.37 bits per heavy atom. The highest BCUT2D eigenvalue weighted by Crippen LogP contribution is 2.36. The predicted molar refractivity (Wildman–Crippen MR) is 63.4 cm³/mol. The molecular weight excluding hydrogens is 307 g/mol. The van der Waals surface area contributed by atoms with Crippen LogP contribution in [-0.4, -0.2) is 38.0 Å². The van der Waals surface area contributed by atoms with Crippen molar-refractivity contribution in [3.05, 3.63) is 28.8 Å². The van der Waals surface area contributed by atoms with E-state index in [1.807, 2.05) is 0 Å². The van der Waals surface area contributed by atoms with Crippen molar-refractivity contribution in [2.75, 3.05) is 20.2 Å². The van der Waals surface area contributed by atoms with Gasteiger partial charge in [-0.3, -0.25) is 0 Å². The molecule has 1 aromatic rings. The summed E-state index contributed by atoms with van der Waals surface area (Å²) in [5.74, 6) is 0. The van der Waals surface area contributed by atoms with Crippen LogP contribution in [0.25, 0.3) is 0 Å². The van der Waals surface area contributed by atoms with Crippen molar-refractivity contribution in [3.63, 3.8) is 0 Å². The summed E-state index contributed by atoms with van der Waals surface area (Å²) in [7, 11) is -3.25. The molecule has 4 nitrogen and oxygen atoms in total. The first kappa shape index (κ1) is 16.2. The van der Waals surface area contributed by atoms with E-state index in [1.165, 1.54) is 0 Å². The number of rotatable bonds is 4. The van der Waals surface area contributed by atoms with E-state index in [2.05, 4.69) is 0 Å². The zero-order valence-corrected chi connectivity index (χ0v) is 11.3. The van der Waals surface area contributed by atoms with Crippen molar-refractivity contribution >= 4 is 21.6 Å². The van der Waals surface area contributed by atoms with Gasteiger partial charge in [-0.15, -0.1) is 0 Å². The Bertz CT molecular complexity index is 560. The third-order valence-electron chi connectivity index (χ3n) is 2.35. The SMILES string of the molecule is CN(CCO)S(=O)(=O)c1ccc(Cl)cc1C(F)(F)F. The number of hydrogen-bond donors (Lipinski definition) is 1. The smallest absolute Gasteiger partial charge is 0.395 e. The van der Waals surface area contributed by atoms with Crippen molar-refractivity contribution in [1.29, 1.82) is 0 Å². The quantitative estimate of drug-likeness (QED) is 0.923. The molecule has 0 heterocycles. The maximum absolute atomic E-state index is 12.8. The lowest BCUT2D eigenvalue weighted by molar-refractivity contribution is -0.139. The molecule has 108 valence electrons. The molecule has 0 fully saturated rings. The summed E-state index contributed by atoms with van der Waals surface area (Å²) in [6.07, 6.45) is -4.84. The lowest BCUT2D eigenvalue weighted by Crippen LogP contribution is -2.31. The molecule has 1 N–H and O–H groups in total. The highest BCUT2D eigenvalue weighted by atomic mass is 35.5. The van der Waals surface area contributed by atoms with Gasteiger partial charge in [-0.1, -0.05) is 11.6 Å². The second-order valence-corrected chi connectivity index (χ2v) is 6.14. The van der Waals surface area contributed by atoms with Crippen molar-refractivity contribution in [3.8, 4) is 0 Å². The molecule has 0 aliphatic rings. The molecule has 0 saturated heterocycles. The lowest BCUT2D eigenvalue weighted by atomic mass is 10.2. The first-order chi connectivity index (χ1) is 8.60. The Labute approximate surface area is 113 Å². The van der Waals surface area contributed by atoms with E-state index >= 15 is 0 Å². The minimum absolute atomic E-state index is 0.212. The van der Waals surface area contributed by atoms with Crippen LogP contribution in [0.1, 0.15) is 5.56 Å². The van der Waals surface area contributed by atoms with Gasteiger partial charge in [-0.25, -0.2) is 8.42 Å². The highest BCUT2D eigenvalue weighted by molar-refractivity contribution is 7.89. The van der Waals surface area contributed by atoms with E-state index in [0.29, 0.717) is 10.4 Å². The van der Waals surface area contributed by atoms with Gasteiger partial charge in [0.2, 0.25) is 10.0 Å². The minimum Gasteiger partial charge on any atom is -0.395 e. The highest BCUT2D eigenvalue weighted by Gasteiger charge is 2.38. The van der Waals surface area contributed by atoms with Crippen LogP contribution in [0.4, 0.5) is 13.2 Å². The molecule has 0 amide bonds. The standard InChI is InChI=1S/C10H11ClF3NO3S/c1-15(4-5-16)19(17,18)9-3-2-7(11)6-8(9)10(12,13)14/h2-3,6,16H,4-5H2,1H3. The van der Waals surface area contributed by atoms with E-state index in [0.717, 1.165) is 19.2 Å². The normalized spacial score (nSPS) is 13.0. The number of nitrogens with zero attached hydrogens (tertiary/aromatic N) is 1. The topological polar surface area (TPSA) is 57.6 Å². The van der Waals surface area contributed by atoms with Gasteiger partial charge in [0, 0.05) is 18.6 Å². The van der Waals surface area contributed by atoms with Gasteiger partial charge in [0.05, 0.1) is 17.1 Å². The summed E-state index contributed by atoms with van der Waals surface area (Å²) in [5.41, 5.74) is -1.33. The number of aliphatic hydroxyl groups excluding tert-OH is 1. The van der Waals surface area contributed by atoms with E-state index in [9.17, 15) is 21.6 Å². The van der Waals surface area contributed by atoms with E-state index in [-0.39, 0.29) is 11.6 Å². The van der Waals surface area contributed by atoms with Crippen molar-refractivity contribution < 1.29 is 26.7 Å². The second kappa shape index (κ2) is 5.66. The van der Waals surface area contributed by atoms with Gasteiger partial charge >= 0.3 is 6.18 Å². The van der Waals surface area contributed by atoms with Crippen LogP contribution in [0, 0.1) is 0 Å². The molecule has 0 atom stereocenters. The van der Waals surface area contributed by atoms with Crippen LogP contribution in [0.2, 0.25) is 5.02 Å². The minimum atomic E-state index is -4.84. The number of likely N-dealkylation sites (N-methyl/N-ethyl adjacent to an activating group) is 1. The van der Waals surface area contributed by atoms with Crippen LogP contribution < -0.4 is 0 Å². The molecule has 0 aliphatic carbocycles. The Hall–Kier alpha value is -0.830. The summed E-state index contributed by atoms with van der Waals surface area (Å²) in [6, 6.07) is 2.42. The number of hydrogen-bond acceptors (Lipinski definition) is 3. The van der Waals surface area contributed by atoms with Gasteiger partial charge in [0.1, 0.15) is 0 Å². The van der Waals surface area contributed by atoms with Gasteiger partial charge in [-0.05, 0) is 18.2 Å². The maximum atomic E-state index is 12.8. The lowest BCUT2D eigenvalue weighted by Gasteiger charge is -2.19. The number of sulfonamides is 1. The average Bonchev–Trinajstić information content (AvgIpc) is 2.27. The van der Waals surface area contributed by atoms with Crippen LogP contribution in [-0.2, 0) is 16.2 Å². The van der Waals surface area contributed by atoms with E-state index < -0.39 is 33.3 Å². The number of aliphatic hydroxyl groups is 1. The molecule has 19 heavy (non-hydrogen) atoms.